The Morgan fingerprint density at radius 3 is 2.48 bits per heavy atom. The molecule has 0 aliphatic heterocycles. The lowest BCUT2D eigenvalue weighted by Gasteiger charge is -2.06. The fraction of sp³-hybridized carbons (Fsp3) is 0.130. The number of carbonyl (C=O) groups is 1. The van der Waals surface area contributed by atoms with Gasteiger partial charge in [-0.2, -0.15) is 5.10 Å². The number of hydrazone groups is 1. The van der Waals surface area contributed by atoms with Crippen molar-refractivity contribution in [1.82, 2.24) is 15.6 Å². The number of rotatable bonds is 8. The van der Waals surface area contributed by atoms with Crippen LogP contribution in [0.1, 0.15) is 18.1 Å². The van der Waals surface area contributed by atoms with Crippen LogP contribution in [-0.2, 0) is 10.5 Å². The zero-order valence-corrected chi connectivity index (χ0v) is 19.3. The van der Waals surface area contributed by atoms with Gasteiger partial charge in [0.25, 0.3) is 5.91 Å². The van der Waals surface area contributed by atoms with E-state index in [0.29, 0.717) is 0 Å². The van der Waals surface area contributed by atoms with E-state index < -0.39 is 0 Å². The van der Waals surface area contributed by atoms with E-state index in [4.69, 9.17) is 0 Å². The van der Waals surface area contributed by atoms with Crippen molar-refractivity contribution in [3.8, 4) is 0 Å². The van der Waals surface area contributed by atoms with E-state index in [-0.39, 0.29) is 11.7 Å². The summed E-state index contributed by atoms with van der Waals surface area (Å²) in [4.78, 5) is 12.2. The van der Waals surface area contributed by atoms with E-state index in [9.17, 15) is 4.79 Å². The van der Waals surface area contributed by atoms with Crippen LogP contribution in [0.4, 0.5) is 0 Å². The molecule has 0 unspecified atom stereocenters. The van der Waals surface area contributed by atoms with E-state index in [1.807, 2.05) is 49.4 Å². The van der Waals surface area contributed by atoms with Crippen molar-refractivity contribution in [2.24, 2.45) is 5.10 Å². The molecule has 0 spiro atoms. The Bertz CT molecular complexity index is 1200. The molecule has 1 N–H and O–H groups in total. The van der Waals surface area contributed by atoms with Crippen LogP contribution < -0.4 is 5.43 Å². The molecule has 0 bridgehead atoms. The third kappa shape index (κ3) is 5.94. The van der Waals surface area contributed by atoms with E-state index in [0.717, 1.165) is 36.5 Å². The van der Waals surface area contributed by atoms with Crippen LogP contribution in [0, 0.1) is 0 Å². The minimum atomic E-state index is -0.168. The number of hydrogen-bond donors (Lipinski definition) is 1. The quantitative estimate of drug-likeness (QED) is 0.208. The largest absolute Gasteiger partial charge is 0.272 e. The van der Waals surface area contributed by atoms with Gasteiger partial charge in [0.2, 0.25) is 0 Å². The lowest BCUT2D eigenvalue weighted by molar-refractivity contribution is -0.118. The number of fused-ring (bicyclic) bond motifs is 1. The predicted octanol–water partition coefficient (Wildman–Crippen LogP) is 5.62. The van der Waals surface area contributed by atoms with Crippen molar-refractivity contribution in [2.45, 2.75) is 21.4 Å². The summed E-state index contributed by atoms with van der Waals surface area (Å²) in [6.07, 6.45) is 0. The monoisotopic (exact) mass is 464 g/mol. The summed E-state index contributed by atoms with van der Waals surface area (Å²) in [7, 11) is 0. The molecule has 1 amide bonds. The molecule has 1 heterocycles. The first-order chi connectivity index (χ1) is 15.2. The first-order valence-corrected chi connectivity index (χ1v) is 12.4. The second kappa shape index (κ2) is 10.6. The van der Waals surface area contributed by atoms with Gasteiger partial charge >= 0.3 is 0 Å². The molecule has 3 aromatic carbocycles. The third-order valence-corrected chi connectivity index (χ3v) is 7.71. The Kier molecular flexibility index (Phi) is 7.35. The standard InChI is InChI=1S/C23H20N4OS3/c1-16(19-13-7-11-18-10-5-6-12-20(18)19)24-25-21(28)15-30-23-27-26-22(31-23)29-14-17-8-3-2-4-9-17/h2-13H,14-15H2,1H3,(H,25,28). The van der Waals surface area contributed by atoms with Crippen molar-refractivity contribution >= 4 is 57.3 Å². The number of hydrogen-bond acceptors (Lipinski definition) is 7. The number of aromatic nitrogens is 2. The van der Waals surface area contributed by atoms with Gasteiger partial charge in [0.15, 0.2) is 8.68 Å². The van der Waals surface area contributed by atoms with Crippen LogP contribution in [0.2, 0.25) is 0 Å². The number of amides is 1. The number of thioether (sulfide) groups is 2. The van der Waals surface area contributed by atoms with Gasteiger partial charge in [-0.1, -0.05) is 108 Å². The molecule has 4 aromatic rings. The highest BCUT2D eigenvalue weighted by molar-refractivity contribution is 8.03. The van der Waals surface area contributed by atoms with Crippen LogP contribution in [0.15, 0.2) is 86.6 Å². The Balaban J connectivity index is 1.29. The summed E-state index contributed by atoms with van der Waals surface area (Å²) in [6, 6.07) is 24.5. The van der Waals surface area contributed by atoms with Gasteiger partial charge in [0.1, 0.15) is 0 Å². The van der Waals surface area contributed by atoms with Crippen molar-refractivity contribution in [1.29, 1.82) is 0 Å². The molecule has 5 nitrogen and oxygen atoms in total. The van der Waals surface area contributed by atoms with Crippen LogP contribution >= 0.6 is 34.9 Å². The minimum Gasteiger partial charge on any atom is -0.272 e. The van der Waals surface area contributed by atoms with Crippen LogP contribution in [-0.4, -0.2) is 27.6 Å². The van der Waals surface area contributed by atoms with E-state index in [2.05, 4.69) is 51.1 Å². The van der Waals surface area contributed by atoms with Gasteiger partial charge in [-0.3, -0.25) is 4.79 Å². The zero-order valence-electron chi connectivity index (χ0n) is 16.8. The van der Waals surface area contributed by atoms with E-state index in [1.54, 1.807) is 11.8 Å². The molecular formula is C23H20N4OS3. The molecule has 31 heavy (non-hydrogen) atoms. The second-order valence-electron chi connectivity index (χ2n) is 6.66. The fourth-order valence-electron chi connectivity index (χ4n) is 2.94. The van der Waals surface area contributed by atoms with Crippen LogP contribution in [0.25, 0.3) is 10.8 Å². The minimum absolute atomic E-state index is 0.168. The molecule has 0 saturated heterocycles. The SMILES string of the molecule is CC(=NNC(=O)CSc1nnc(SCc2ccccc2)s1)c1cccc2ccccc12. The topological polar surface area (TPSA) is 67.2 Å². The maximum absolute atomic E-state index is 12.2. The summed E-state index contributed by atoms with van der Waals surface area (Å²) in [5, 5.41) is 14.9. The molecule has 0 fully saturated rings. The molecule has 0 atom stereocenters. The number of benzene rings is 3. The fourth-order valence-corrected chi connectivity index (χ4v) is 5.71. The Morgan fingerprint density at radius 1 is 0.935 bits per heavy atom. The lowest BCUT2D eigenvalue weighted by Crippen LogP contribution is -2.21. The maximum atomic E-state index is 12.2. The Morgan fingerprint density at radius 2 is 1.65 bits per heavy atom. The highest BCUT2D eigenvalue weighted by atomic mass is 32.2. The van der Waals surface area contributed by atoms with Gasteiger partial charge in [-0.05, 0) is 23.3 Å². The highest BCUT2D eigenvalue weighted by Crippen LogP contribution is 2.30. The highest BCUT2D eigenvalue weighted by Gasteiger charge is 2.09. The summed E-state index contributed by atoms with van der Waals surface area (Å²) in [5.74, 6) is 0.922. The molecule has 8 heteroatoms. The van der Waals surface area contributed by atoms with Crippen LogP contribution in [0.5, 0.6) is 0 Å². The first-order valence-electron chi connectivity index (χ1n) is 9.63. The smallest absolute Gasteiger partial charge is 0.250 e. The number of nitrogens with zero attached hydrogens (tertiary/aromatic N) is 3. The number of carbonyl (C=O) groups excluding carboxylic acids is 1. The molecule has 0 aliphatic rings. The lowest BCUT2D eigenvalue weighted by atomic mass is 10.0. The third-order valence-electron chi connectivity index (χ3n) is 4.45. The average molecular weight is 465 g/mol. The molecule has 0 aliphatic carbocycles. The van der Waals surface area contributed by atoms with Gasteiger partial charge in [0, 0.05) is 11.3 Å². The van der Waals surface area contributed by atoms with Crippen molar-refractivity contribution < 1.29 is 4.79 Å². The summed E-state index contributed by atoms with van der Waals surface area (Å²) in [5.41, 5.74) is 5.67. The van der Waals surface area contributed by atoms with E-state index in [1.165, 1.54) is 28.7 Å². The summed E-state index contributed by atoms with van der Waals surface area (Å²) >= 11 is 4.53. The summed E-state index contributed by atoms with van der Waals surface area (Å²) in [6.45, 7) is 1.90. The maximum Gasteiger partial charge on any atom is 0.250 e. The Hall–Kier alpha value is -2.68. The number of nitrogens with one attached hydrogen (secondary N) is 1. The van der Waals surface area contributed by atoms with Gasteiger partial charge in [-0.15, -0.1) is 10.2 Å². The van der Waals surface area contributed by atoms with Gasteiger partial charge < -0.3 is 0 Å². The molecular weight excluding hydrogens is 444 g/mol. The molecule has 4 rings (SSSR count). The average Bonchev–Trinajstić information content (AvgIpc) is 3.28. The predicted molar refractivity (Wildman–Crippen MR) is 131 cm³/mol. The van der Waals surface area contributed by atoms with Gasteiger partial charge in [0.05, 0.1) is 11.5 Å². The molecule has 156 valence electrons. The summed E-state index contributed by atoms with van der Waals surface area (Å²) < 4.78 is 1.68. The normalized spacial score (nSPS) is 11.6. The van der Waals surface area contributed by atoms with Crippen molar-refractivity contribution in [2.75, 3.05) is 5.75 Å². The van der Waals surface area contributed by atoms with Crippen molar-refractivity contribution in [3.63, 3.8) is 0 Å². The van der Waals surface area contributed by atoms with Crippen LogP contribution in [0.3, 0.4) is 0 Å². The zero-order chi connectivity index (χ0) is 21.5. The molecule has 0 saturated carbocycles. The van der Waals surface area contributed by atoms with Gasteiger partial charge in [-0.25, -0.2) is 5.43 Å². The van der Waals surface area contributed by atoms with Crippen molar-refractivity contribution in [3.05, 3.63) is 83.9 Å². The molecule has 0 radical (unpaired) electrons. The second-order valence-corrected chi connectivity index (χ2v) is 10.1. The van der Waals surface area contributed by atoms with E-state index >= 15 is 0 Å². The molecule has 1 aromatic heterocycles. The first kappa shape index (κ1) is 21.5. The Labute approximate surface area is 193 Å².